The highest BCUT2D eigenvalue weighted by atomic mass is 16.3. The van der Waals surface area contributed by atoms with Gasteiger partial charge >= 0.3 is 0 Å². The molecule has 1 saturated carbocycles. The van der Waals surface area contributed by atoms with Gasteiger partial charge in [0.15, 0.2) is 0 Å². The number of aliphatic hydroxyl groups excluding tert-OH is 1. The van der Waals surface area contributed by atoms with Gasteiger partial charge in [-0.05, 0) is 25.3 Å². The van der Waals surface area contributed by atoms with Crippen LogP contribution >= 0.6 is 0 Å². The molecular formula is C11H22N2O. The van der Waals surface area contributed by atoms with E-state index in [2.05, 4.69) is 18.7 Å². The molecule has 1 heterocycles. The zero-order valence-corrected chi connectivity index (χ0v) is 9.19. The number of rotatable bonds is 3. The Morgan fingerprint density at radius 3 is 2.50 bits per heavy atom. The first-order chi connectivity index (χ1) is 6.65. The van der Waals surface area contributed by atoms with E-state index in [0.29, 0.717) is 24.4 Å². The molecule has 3 unspecified atom stereocenters. The van der Waals surface area contributed by atoms with E-state index in [-0.39, 0.29) is 6.10 Å². The van der Waals surface area contributed by atoms with E-state index < -0.39 is 0 Å². The number of aliphatic hydroxyl groups is 1. The fourth-order valence-electron chi connectivity index (χ4n) is 2.77. The van der Waals surface area contributed by atoms with E-state index in [4.69, 9.17) is 5.73 Å². The molecule has 0 aromatic heterocycles. The minimum absolute atomic E-state index is 0.208. The Morgan fingerprint density at radius 1 is 1.43 bits per heavy atom. The Balaban J connectivity index is 2.08. The lowest BCUT2D eigenvalue weighted by Crippen LogP contribution is -2.41. The molecule has 2 fully saturated rings. The van der Waals surface area contributed by atoms with Crippen LogP contribution < -0.4 is 5.73 Å². The van der Waals surface area contributed by atoms with Gasteiger partial charge in [0.25, 0.3) is 0 Å². The predicted octanol–water partition coefficient (Wildman–Crippen LogP) is 0.425. The van der Waals surface area contributed by atoms with Crippen molar-refractivity contribution >= 4 is 0 Å². The normalized spacial score (nSPS) is 39.6. The molecule has 2 rings (SSSR count). The van der Waals surface area contributed by atoms with Crippen molar-refractivity contribution in [3.05, 3.63) is 0 Å². The average Bonchev–Trinajstić information content (AvgIpc) is 2.90. The van der Waals surface area contributed by atoms with Gasteiger partial charge in [0.05, 0.1) is 6.10 Å². The van der Waals surface area contributed by atoms with Gasteiger partial charge in [0.2, 0.25) is 0 Å². The molecule has 0 aromatic rings. The molecule has 14 heavy (non-hydrogen) atoms. The van der Waals surface area contributed by atoms with Crippen molar-refractivity contribution in [2.75, 3.05) is 13.1 Å². The zero-order valence-electron chi connectivity index (χ0n) is 9.19. The summed E-state index contributed by atoms with van der Waals surface area (Å²) in [4.78, 5) is 2.49. The molecule has 2 aliphatic rings. The largest absolute Gasteiger partial charge is 0.391 e. The lowest BCUT2D eigenvalue weighted by Gasteiger charge is -2.29. The van der Waals surface area contributed by atoms with Gasteiger partial charge in [-0.1, -0.05) is 13.8 Å². The number of hydrogen-bond acceptors (Lipinski definition) is 3. The number of hydrogen-bond donors (Lipinski definition) is 2. The minimum Gasteiger partial charge on any atom is -0.391 e. The molecule has 0 spiro atoms. The highest BCUT2D eigenvalue weighted by Gasteiger charge is 2.46. The summed E-state index contributed by atoms with van der Waals surface area (Å²) in [6, 6.07) is 1.09. The second-order valence-electron chi connectivity index (χ2n) is 5.15. The van der Waals surface area contributed by atoms with Crippen LogP contribution in [0.5, 0.6) is 0 Å². The second-order valence-corrected chi connectivity index (χ2v) is 5.15. The van der Waals surface area contributed by atoms with Crippen LogP contribution in [0.2, 0.25) is 0 Å². The van der Waals surface area contributed by atoms with E-state index >= 15 is 0 Å². The molecule has 1 saturated heterocycles. The zero-order chi connectivity index (χ0) is 10.3. The van der Waals surface area contributed by atoms with Crippen molar-refractivity contribution in [1.29, 1.82) is 0 Å². The Kier molecular flexibility index (Phi) is 2.82. The molecule has 3 heteroatoms. The summed E-state index contributed by atoms with van der Waals surface area (Å²) in [7, 11) is 0. The first-order valence-electron chi connectivity index (χ1n) is 5.79. The molecule has 0 radical (unpaired) electrons. The van der Waals surface area contributed by atoms with Crippen molar-refractivity contribution in [1.82, 2.24) is 4.90 Å². The molecule has 3 N–H and O–H groups in total. The fourth-order valence-corrected chi connectivity index (χ4v) is 2.77. The number of nitrogens with two attached hydrogens (primary N) is 1. The van der Waals surface area contributed by atoms with Gasteiger partial charge in [-0.15, -0.1) is 0 Å². The van der Waals surface area contributed by atoms with Crippen LogP contribution in [0.3, 0.4) is 0 Å². The Labute approximate surface area is 86.3 Å². The smallest absolute Gasteiger partial charge is 0.0750 e. The summed E-state index contributed by atoms with van der Waals surface area (Å²) >= 11 is 0. The maximum absolute atomic E-state index is 10.1. The van der Waals surface area contributed by atoms with Gasteiger partial charge in [-0.2, -0.15) is 0 Å². The third kappa shape index (κ3) is 1.69. The highest BCUT2D eigenvalue weighted by molar-refractivity contribution is 5.01. The monoisotopic (exact) mass is 198 g/mol. The maximum atomic E-state index is 10.1. The van der Waals surface area contributed by atoms with Gasteiger partial charge in [-0.3, -0.25) is 4.90 Å². The Morgan fingerprint density at radius 2 is 2.07 bits per heavy atom. The number of likely N-dealkylation sites (tertiary alicyclic amines) is 1. The van der Waals surface area contributed by atoms with E-state index in [0.717, 1.165) is 12.6 Å². The summed E-state index contributed by atoms with van der Waals surface area (Å²) in [5.41, 5.74) is 5.68. The van der Waals surface area contributed by atoms with E-state index in [9.17, 15) is 5.11 Å². The van der Waals surface area contributed by atoms with Crippen LogP contribution in [-0.2, 0) is 0 Å². The van der Waals surface area contributed by atoms with Crippen molar-refractivity contribution < 1.29 is 5.11 Å². The quantitative estimate of drug-likeness (QED) is 0.691. The molecule has 1 aliphatic heterocycles. The van der Waals surface area contributed by atoms with Crippen LogP contribution in [-0.4, -0.2) is 41.3 Å². The fraction of sp³-hybridized carbons (Fsp3) is 1.00. The van der Waals surface area contributed by atoms with Crippen LogP contribution in [0.15, 0.2) is 0 Å². The average molecular weight is 198 g/mol. The first-order valence-corrected chi connectivity index (χ1v) is 5.79. The lowest BCUT2D eigenvalue weighted by molar-refractivity contribution is 0.0690. The Bertz CT molecular complexity index is 203. The third-order valence-electron chi connectivity index (χ3n) is 3.66. The molecule has 3 atom stereocenters. The van der Waals surface area contributed by atoms with Gasteiger partial charge in [-0.25, -0.2) is 0 Å². The summed E-state index contributed by atoms with van der Waals surface area (Å²) < 4.78 is 0. The van der Waals surface area contributed by atoms with Gasteiger partial charge < -0.3 is 10.8 Å². The van der Waals surface area contributed by atoms with E-state index in [1.165, 1.54) is 12.8 Å². The molecule has 0 amide bonds. The summed E-state index contributed by atoms with van der Waals surface area (Å²) in [6.07, 6.45) is 2.42. The minimum atomic E-state index is -0.208. The van der Waals surface area contributed by atoms with E-state index in [1.807, 2.05) is 0 Å². The Hall–Kier alpha value is -0.120. The van der Waals surface area contributed by atoms with Crippen molar-refractivity contribution in [2.45, 2.75) is 44.9 Å². The summed E-state index contributed by atoms with van der Waals surface area (Å²) in [5, 5.41) is 10.1. The van der Waals surface area contributed by atoms with Crippen LogP contribution in [0, 0.1) is 11.8 Å². The lowest BCUT2D eigenvalue weighted by atomic mass is 9.94. The van der Waals surface area contributed by atoms with E-state index in [1.54, 1.807) is 0 Å². The van der Waals surface area contributed by atoms with Crippen LogP contribution in [0.4, 0.5) is 0 Å². The number of nitrogens with zero attached hydrogens (tertiary/aromatic N) is 1. The van der Waals surface area contributed by atoms with Crippen molar-refractivity contribution in [3.8, 4) is 0 Å². The summed E-state index contributed by atoms with van der Waals surface area (Å²) in [6.45, 7) is 6.02. The molecular weight excluding hydrogens is 176 g/mol. The summed E-state index contributed by atoms with van der Waals surface area (Å²) in [5.74, 6) is 0.824. The first kappa shape index (κ1) is 10.4. The standard InChI is InChI=1S/C11H22N2O/c1-7(2)10-11(14)8(5-12)6-13(10)9-3-4-9/h7-11,14H,3-6,12H2,1-2H3. The van der Waals surface area contributed by atoms with Gasteiger partial charge in [0, 0.05) is 24.5 Å². The molecule has 82 valence electrons. The van der Waals surface area contributed by atoms with Crippen molar-refractivity contribution in [2.24, 2.45) is 17.6 Å². The second kappa shape index (κ2) is 3.80. The highest BCUT2D eigenvalue weighted by Crippen LogP contribution is 2.37. The predicted molar refractivity (Wildman–Crippen MR) is 56.9 cm³/mol. The van der Waals surface area contributed by atoms with Crippen LogP contribution in [0.1, 0.15) is 26.7 Å². The molecule has 3 nitrogen and oxygen atoms in total. The van der Waals surface area contributed by atoms with Crippen molar-refractivity contribution in [3.63, 3.8) is 0 Å². The van der Waals surface area contributed by atoms with Gasteiger partial charge in [0.1, 0.15) is 0 Å². The molecule has 1 aliphatic carbocycles. The topological polar surface area (TPSA) is 49.5 Å². The SMILES string of the molecule is CC(C)C1C(O)C(CN)CN1C1CC1. The third-order valence-corrected chi connectivity index (χ3v) is 3.66. The molecule has 0 bridgehead atoms. The van der Waals surface area contributed by atoms with Crippen LogP contribution in [0.25, 0.3) is 0 Å². The maximum Gasteiger partial charge on any atom is 0.0750 e. The molecule has 0 aromatic carbocycles.